The van der Waals surface area contributed by atoms with Gasteiger partial charge in [0.05, 0.1) is 12.0 Å². The molecule has 8 heteroatoms. The van der Waals surface area contributed by atoms with E-state index >= 15 is 0 Å². The summed E-state index contributed by atoms with van der Waals surface area (Å²) < 4.78 is 1.72. The number of carbonyl (C=O) groups is 2. The van der Waals surface area contributed by atoms with Gasteiger partial charge in [0.1, 0.15) is 5.69 Å². The summed E-state index contributed by atoms with van der Waals surface area (Å²) in [6.07, 6.45) is 0.140. The molecule has 0 saturated carbocycles. The number of aromatic nitrogens is 2. The predicted octanol–water partition coefficient (Wildman–Crippen LogP) is -6.54. The molecule has 1 aromatic heterocycles. The third kappa shape index (κ3) is 8.20. The van der Waals surface area contributed by atoms with Gasteiger partial charge in [-0.3, -0.25) is 4.79 Å². The van der Waals surface area contributed by atoms with Crippen LogP contribution < -0.4 is 148 Å². The summed E-state index contributed by atoms with van der Waals surface area (Å²) in [5.41, 5.74) is 2.31. The van der Waals surface area contributed by atoms with Gasteiger partial charge in [-0.05, 0) is 6.16 Å². The van der Waals surface area contributed by atoms with Gasteiger partial charge in [0.25, 0.3) is 0 Å². The number of carbonyl (C=O) groups excluding carboxylic acids is 2. The van der Waals surface area contributed by atoms with Crippen LogP contribution in [0.5, 0.6) is 0 Å². The Hall–Kier alpha value is 1.47. The van der Waals surface area contributed by atoms with Crippen LogP contribution in [0.25, 0.3) is 11.3 Å². The van der Waals surface area contributed by atoms with E-state index in [2.05, 4.69) is 4.98 Å². The molecule has 0 aliphatic rings. The molecule has 1 heterocycles. The smallest absolute Gasteiger partial charge is 0.652 e. The Morgan fingerprint density at radius 1 is 1.20 bits per heavy atom. The maximum absolute atomic E-state index is 10.8. The standard InChI is InChI=1S/C11H10N2O.CH2O3.2Cs/c1-13-8-12-11(10(13)7-14)9-5-3-2-4-6-9;2-1(3)4;;/h2-8H,1H3;(H2,2,3,4);;/q;;2*+1/p-2. The molecule has 0 N–H and O–H groups in total. The Bertz CT molecular complexity index is 540. The minimum atomic E-state index is -2.33. The van der Waals surface area contributed by atoms with Crippen molar-refractivity contribution in [2.75, 3.05) is 0 Å². The van der Waals surface area contributed by atoms with Gasteiger partial charge in [-0.2, -0.15) is 0 Å². The van der Waals surface area contributed by atoms with Crippen molar-refractivity contribution >= 4 is 12.4 Å². The predicted molar refractivity (Wildman–Crippen MR) is 59.4 cm³/mol. The number of hydrogen-bond acceptors (Lipinski definition) is 5. The molecular weight excluding hydrogens is 502 g/mol. The second kappa shape index (κ2) is 13.0. The third-order valence-electron chi connectivity index (χ3n) is 2.14. The Labute approximate surface area is 234 Å². The van der Waals surface area contributed by atoms with Gasteiger partial charge >= 0.3 is 138 Å². The fraction of sp³-hybridized carbons (Fsp3) is 0.0833. The fourth-order valence-electron chi connectivity index (χ4n) is 1.40. The summed E-state index contributed by atoms with van der Waals surface area (Å²) in [7, 11) is 1.81. The van der Waals surface area contributed by atoms with Crippen LogP contribution in [-0.4, -0.2) is 22.0 Å². The third-order valence-corrected chi connectivity index (χ3v) is 2.14. The van der Waals surface area contributed by atoms with E-state index in [0.717, 1.165) is 17.5 Å². The van der Waals surface area contributed by atoms with Crippen molar-refractivity contribution in [1.82, 2.24) is 9.55 Å². The summed E-state index contributed by atoms with van der Waals surface area (Å²) in [4.78, 5) is 23.3. The second-order valence-electron chi connectivity index (χ2n) is 3.32. The molecule has 0 bridgehead atoms. The quantitative estimate of drug-likeness (QED) is 0.373. The van der Waals surface area contributed by atoms with E-state index in [1.807, 2.05) is 37.4 Å². The minimum Gasteiger partial charge on any atom is -0.652 e. The van der Waals surface area contributed by atoms with E-state index in [0.29, 0.717) is 5.69 Å². The van der Waals surface area contributed by atoms with E-state index in [9.17, 15) is 4.79 Å². The molecule has 20 heavy (non-hydrogen) atoms. The number of hydrogen-bond donors (Lipinski definition) is 0. The van der Waals surface area contributed by atoms with Crippen molar-refractivity contribution in [3.8, 4) is 11.3 Å². The molecule has 0 spiro atoms. The molecule has 0 aliphatic heterocycles. The maximum Gasteiger partial charge on any atom is 1.00 e. The number of carboxylic acid groups (broad SMARTS) is 2. The van der Waals surface area contributed by atoms with E-state index < -0.39 is 6.16 Å². The molecule has 2 rings (SSSR count). The topological polar surface area (TPSA) is 98.1 Å². The summed E-state index contributed by atoms with van der Waals surface area (Å²) in [5, 5.41) is 16.7. The Balaban J connectivity index is 0. The van der Waals surface area contributed by atoms with Crippen LogP contribution in [0.2, 0.25) is 0 Å². The normalized spacial score (nSPS) is 8.25. The largest absolute Gasteiger partial charge is 1.00 e. The summed E-state index contributed by atoms with van der Waals surface area (Å²) >= 11 is 0. The van der Waals surface area contributed by atoms with E-state index in [4.69, 9.17) is 15.0 Å². The van der Waals surface area contributed by atoms with Gasteiger partial charge in [-0.1, -0.05) is 30.3 Å². The number of imidazole rings is 1. The first-order valence-electron chi connectivity index (χ1n) is 4.96. The zero-order valence-electron chi connectivity index (χ0n) is 11.6. The molecule has 0 radical (unpaired) electrons. The summed E-state index contributed by atoms with van der Waals surface area (Å²) in [5.74, 6) is 0. The number of nitrogens with zero attached hydrogens (tertiary/aromatic N) is 2. The molecule has 0 saturated heterocycles. The van der Waals surface area contributed by atoms with Crippen LogP contribution in [0.1, 0.15) is 10.5 Å². The van der Waals surface area contributed by atoms with Crippen molar-refractivity contribution in [2.45, 2.75) is 0 Å². The van der Waals surface area contributed by atoms with E-state index in [-0.39, 0.29) is 138 Å². The van der Waals surface area contributed by atoms with E-state index in [1.165, 1.54) is 0 Å². The van der Waals surface area contributed by atoms with Crippen LogP contribution in [0, 0.1) is 0 Å². The molecule has 2 aromatic rings. The molecule has 0 fully saturated rings. The van der Waals surface area contributed by atoms with Crippen LogP contribution in [-0.2, 0) is 7.05 Å². The average Bonchev–Trinajstić information content (AvgIpc) is 2.71. The van der Waals surface area contributed by atoms with Crippen molar-refractivity contribution < 1.29 is 158 Å². The first-order chi connectivity index (χ1) is 8.56. The average molecular weight is 512 g/mol. The Morgan fingerprint density at radius 2 is 1.70 bits per heavy atom. The minimum absolute atomic E-state index is 0. The molecule has 94 valence electrons. The van der Waals surface area contributed by atoms with Crippen LogP contribution >= 0.6 is 0 Å². The van der Waals surface area contributed by atoms with Crippen LogP contribution in [0.15, 0.2) is 36.7 Å². The molecule has 0 unspecified atom stereocenters. The number of rotatable bonds is 2. The molecule has 1 aromatic carbocycles. The van der Waals surface area contributed by atoms with Gasteiger partial charge in [0.2, 0.25) is 0 Å². The zero-order valence-corrected chi connectivity index (χ0v) is 24.1. The SMILES string of the molecule is Cn1cnc(-c2ccccc2)c1C=O.O=C([O-])[O-].[Cs+].[Cs+]. The molecule has 0 amide bonds. The Morgan fingerprint density at radius 3 is 2.15 bits per heavy atom. The van der Waals surface area contributed by atoms with Gasteiger partial charge < -0.3 is 19.6 Å². The van der Waals surface area contributed by atoms with Crippen LogP contribution in [0.3, 0.4) is 0 Å². The number of benzene rings is 1. The fourth-order valence-corrected chi connectivity index (χ4v) is 1.40. The van der Waals surface area contributed by atoms with E-state index in [1.54, 1.807) is 10.9 Å². The van der Waals surface area contributed by atoms with Gasteiger partial charge in [-0.15, -0.1) is 0 Å². The van der Waals surface area contributed by atoms with Crippen molar-refractivity contribution in [1.29, 1.82) is 0 Å². The zero-order chi connectivity index (χ0) is 13.5. The molecule has 6 nitrogen and oxygen atoms in total. The van der Waals surface area contributed by atoms with Crippen molar-refractivity contribution in [3.05, 3.63) is 42.4 Å². The molecular formula is C12H10Cs2N2O4. The number of aryl methyl sites for hydroxylation is 1. The maximum atomic E-state index is 10.8. The second-order valence-corrected chi connectivity index (χ2v) is 3.32. The first-order valence-corrected chi connectivity index (χ1v) is 4.96. The summed E-state index contributed by atoms with van der Waals surface area (Å²) in [6.45, 7) is 0. The van der Waals surface area contributed by atoms with Gasteiger partial charge in [0.15, 0.2) is 6.29 Å². The van der Waals surface area contributed by atoms with Crippen molar-refractivity contribution in [2.24, 2.45) is 7.05 Å². The molecule has 0 aliphatic carbocycles. The first kappa shape index (κ1) is 23.7. The summed E-state index contributed by atoms with van der Waals surface area (Å²) in [6, 6.07) is 9.68. The Kier molecular flexibility index (Phi) is 15.4. The number of aldehydes is 1. The monoisotopic (exact) mass is 512 g/mol. The van der Waals surface area contributed by atoms with Gasteiger partial charge in [-0.25, -0.2) is 4.98 Å². The molecule has 0 atom stereocenters. The van der Waals surface area contributed by atoms with Crippen LogP contribution in [0.4, 0.5) is 4.79 Å². The van der Waals surface area contributed by atoms with Gasteiger partial charge in [0, 0.05) is 12.6 Å². The van der Waals surface area contributed by atoms with Crippen molar-refractivity contribution in [3.63, 3.8) is 0 Å².